The second kappa shape index (κ2) is 9.14. The summed E-state index contributed by atoms with van der Waals surface area (Å²) in [6, 6.07) is 13.7. The first-order valence-corrected chi connectivity index (χ1v) is 9.67. The summed E-state index contributed by atoms with van der Waals surface area (Å²) in [5, 5.41) is 17.9. The molecule has 0 aliphatic carbocycles. The number of nitrogens with one attached hydrogen (secondary N) is 2. The number of hydrogen-bond acceptors (Lipinski definition) is 6. The van der Waals surface area contributed by atoms with E-state index in [1.165, 1.54) is 11.9 Å². The summed E-state index contributed by atoms with van der Waals surface area (Å²) < 4.78 is 0. The van der Waals surface area contributed by atoms with Crippen molar-refractivity contribution in [2.45, 2.75) is 40.0 Å². The van der Waals surface area contributed by atoms with Crippen LogP contribution in [0, 0.1) is 24.0 Å². The predicted octanol–water partition coefficient (Wildman–Crippen LogP) is 5.83. The van der Waals surface area contributed by atoms with Crippen molar-refractivity contribution in [2.75, 3.05) is 10.6 Å². The zero-order valence-electron chi connectivity index (χ0n) is 16.9. The summed E-state index contributed by atoms with van der Waals surface area (Å²) in [6.45, 7) is 6.11. The van der Waals surface area contributed by atoms with Crippen LogP contribution >= 0.6 is 0 Å². The lowest BCUT2D eigenvalue weighted by Crippen LogP contribution is -2.06. The summed E-state index contributed by atoms with van der Waals surface area (Å²) in [7, 11) is 0. The first-order chi connectivity index (χ1) is 14.0. The predicted molar refractivity (Wildman–Crippen MR) is 116 cm³/mol. The first-order valence-electron chi connectivity index (χ1n) is 9.67. The fourth-order valence-electron chi connectivity index (χ4n) is 3.09. The van der Waals surface area contributed by atoms with Gasteiger partial charge in [-0.2, -0.15) is 0 Å². The minimum Gasteiger partial charge on any atom is -0.334 e. The molecule has 0 bridgehead atoms. The molecule has 0 fully saturated rings. The molecule has 3 rings (SSSR count). The van der Waals surface area contributed by atoms with E-state index in [-0.39, 0.29) is 17.3 Å². The van der Waals surface area contributed by atoms with Gasteiger partial charge >= 0.3 is 5.69 Å². The fourth-order valence-corrected chi connectivity index (χ4v) is 3.09. The molecular weight excluding hydrogens is 366 g/mol. The monoisotopic (exact) mass is 391 g/mol. The van der Waals surface area contributed by atoms with Gasteiger partial charge in [0.15, 0.2) is 0 Å². The molecule has 0 amide bonds. The fraction of sp³-hybridized carbons (Fsp3) is 0.273. The Morgan fingerprint density at radius 3 is 2.31 bits per heavy atom. The van der Waals surface area contributed by atoms with Crippen molar-refractivity contribution < 1.29 is 4.92 Å². The minimum absolute atomic E-state index is 0.151. The Bertz CT molecular complexity index is 1000. The average molecular weight is 391 g/mol. The zero-order chi connectivity index (χ0) is 20.8. The Kier molecular flexibility index (Phi) is 6.39. The van der Waals surface area contributed by atoms with Gasteiger partial charge in [-0.15, -0.1) is 0 Å². The van der Waals surface area contributed by atoms with Crippen LogP contribution in [0.2, 0.25) is 0 Å². The van der Waals surface area contributed by atoms with E-state index in [9.17, 15) is 10.1 Å². The number of aromatic nitrogens is 2. The van der Waals surface area contributed by atoms with Crippen molar-refractivity contribution in [1.29, 1.82) is 0 Å². The van der Waals surface area contributed by atoms with Crippen LogP contribution in [0.1, 0.15) is 36.5 Å². The van der Waals surface area contributed by atoms with Crippen LogP contribution in [-0.2, 0) is 6.42 Å². The SMILES string of the molecule is CCCCc1ccc(Nc2ncnc(Nc3ccc(C)cc3C)c2[N+](=O)[O-])cc1. The number of benzene rings is 2. The topological polar surface area (TPSA) is 93.0 Å². The largest absolute Gasteiger partial charge is 0.353 e. The molecule has 0 aliphatic heterocycles. The Hall–Kier alpha value is -3.48. The Balaban J connectivity index is 1.87. The molecule has 2 aromatic carbocycles. The molecule has 0 spiro atoms. The number of nitro groups is 1. The summed E-state index contributed by atoms with van der Waals surface area (Å²) in [5.41, 5.74) is 4.66. The van der Waals surface area contributed by atoms with Crippen LogP contribution in [0.25, 0.3) is 0 Å². The van der Waals surface area contributed by atoms with Crippen LogP contribution in [0.3, 0.4) is 0 Å². The van der Waals surface area contributed by atoms with E-state index < -0.39 is 4.92 Å². The van der Waals surface area contributed by atoms with Crippen LogP contribution < -0.4 is 10.6 Å². The maximum Gasteiger partial charge on any atom is 0.353 e. The van der Waals surface area contributed by atoms with Crippen LogP contribution in [0.15, 0.2) is 48.8 Å². The van der Waals surface area contributed by atoms with Gasteiger partial charge in [0, 0.05) is 11.4 Å². The molecule has 1 aromatic heterocycles. The normalized spacial score (nSPS) is 10.6. The van der Waals surface area contributed by atoms with Gasteiger partial charge in [-0.25, -0.2) is 9.97 Å². The lowest BCUT2D eigenvalue weighted by Gasteiger charge is -2.12. The second-order valence-corrected chi connectivity index (χ2v) is 7.05. The Labute approximate surface area is 170 Å². The highest BCUT2D eigenvalue weighted by atomic mass is 16.6. The van der Waals surface area contributed by atoms with E-state index in [4.69, 9.17) is 0 Å². The number of hydrogen-bond donors (Lipinski definition) is 2. The number of nitrogens with zero attached hydrogens (tertiary/aromatic N) is 3. The third-order valence-corrected chi connectivity index (χ3v) is 4.68. The van der Waals surface area contributed by atoms with E-state index in [1.54, 1.807) is 0 Å². The van der Waals surface area contributed by atoms with Crippen LogP contribution in [0.5, 0.6) is 0 Å². The molecule has 7 heteroatoms. The number of rotatable bonds is 8. The zero-order valence-corrected chi connectivity index (χ0v) is 16.9. The van der Waals surface area contributed by atoms with Crippen molar-refractivity contribution in [3.63, 3.8) is 0 Å². The van der Waals surface area contributed by atoms with E-state index >= 15 is 0 Å². The van der Waals surface area contributed by atoms with Crippen molar-refractivity contribution in [3.05, 3.63) is 75.6 Å². The van der Waals surface area contributed by atoms with Gasteiger partial charge in [-0.3, -0.25) is 10.1 Å². The molecule has 3 aromatic rings. The van der Waals surface area contributed by atoms with Crippen LogP contribution in [0.4, 0.5) is 28.7 Å². The lowest BCUT2D eigenvalue weighted by atomic mass is 10.1. The highest BCUT2D eigenvalue weighted by Gasteiger charge is 2.23. The first kappa shape index (κ1) is 20.3. The second-order valence-electron chi connectivity index (χ2n) is 7.05. The average Bonchev–Trinajstić information content (AvgIpc) is 2.69. The molecule has 150 valence electrons. The highest BCUT2D eigenvalue weighted by molar-refractivity contribution is 5.77. The van der Waals surface area contributed by atoms with Gasteiger partial charge in [0.25, 0.3) is 0 Å². The van der Waals surface area contributed by atoms with Gasteiger partial charge in [0.05, 0.1) is 4.92 Å². The van der Waals surface area contributed by atoms with Crippen molar-refractivity contribution in [3.8, 4) is 0 Å². The Morgan fingerprint density at radius 1 is 1.00 bits per heavy atom. The van der Waals surface area contributed by atoms with Gasteiger partial charge in [0.2, 0.25) is 11.6 Å². The van der Waals surface area contributed by atoms with Crippen molar-refractivity contribution >= 4 is 28.7 Å². The van der Waals surface area contributed by atoms with Gasteiger partial charge in [-0.05, 0) is 56.0 Å². The highest BCUT2D eigenvalue weighted by Crippen LogP contribution is 2.33. The molecule has 2 N–H and O–H groups in total. The molecular formula is C22H25N5O2. The summed E-state index contributed by atoms with van der Waals surface area (Å²) in [5.74, 6) is 0.303. The molecule has 0 unspecified atom stereocenters. The number of unbranched alkanes of at least 4 members (excludes halogenated alkanes) is 1. The molecule has 29 heavy (non-hydrogen) atoms. The van der Waals surface area contributed by atoms with E-state index in [1.807, 2.05) is 56.3 Å². The van der Waals surface area contributed by atoms with E-state index in [0.717, 1.165) is 41.8 Å². The summed E-state index contributed by atoms with van der Waals surface area (Å²) in [4.78, 5) is 19.5. The molecule has 0 saturated heterocycles. The summed E-state index contributed by atoms with van der Waals surface area (Å²) in [6.07, 6.45) is 4.62. The van der Waals surface area contributed by atoms with Crippen molar-refractivity contribution in [2.24, 2.45) is 0 Å². The maximum atomic E-state index is 11.8. The third kappa shape index (κ3) is 5.07. The van der Waals surface area contributed by atoms with Gasteiger partial charge in [-0.1, -0.05) is 43.2 Å². The smallest absolute Gasteiger partial charge is 0.334 e. The molecule has 7 nitrogen and oxygen atoms in total. The Morgan fingerprint density at radius 2 is 1.69 bits per heavy atom. The van der Waals surface area contributed by atoms with Crippen LogP contribution in [-0.4, -0.2) is 14.9 Å². The quantitative estimate of drug-likeness (QED) is 0.370. The van der Waals surface area contributed by atoms with Gasteiger partial charge in [0.1, 0.15) is 6.33 Å². The van der Waals surface area contributed by atoms with Gasteiger partial charge < -0.3 is 10.6 Å². The molecule has 0 radical (unpaired) electrons. The standard InChI is InChI=1S/C22H25N5O2/c1-4-5-6-17-8-10-18(11-9-17)25-21-20(27(28)29)22(24-14-23-21)26-19-12-7-15(2)13-16(19)3/h7-14H,4-6H2,1-3H3,(H2,23,24,25,26). The number of aryl methyl sites for hydroxylation is 3. The van der Waals surface area contributed by atoms with Crippen molar-refractivity contribution in [1.82, 2.24) is 9.97 Å². The van der Waals surface area contributed by atoms with E-state index in [2.05, 4.69) is 27.5 Å². The molecule has 0 aliphatic rings. The summed E-state index contributed by atoms with van der Waals surface area (Å²) >= 11 is 0. The molecule has 1 heterocycles. The lowest BCUT2D eigenvalue weighted by molar-refractivity contribution is -0.383. The van der Waals surface area contributed by atoms with E-state index in [0.29, 0.717) is 0 Å². The molecule has 0 atom stereocenters. The molecule has 0 saturated carbocycles. The number of anilines is 4. The third-order valence-electron chi connectivity index (χ3n) is 4.68. The minimum atomic E-state index is -0.468. The maximum absolute atomic E-state index is 11.8.